The van der Waals surface area contributed by atoms with Crippen molar-refractivity contribution in [3.8, 4) is 0 Å². The summed E-state index contributed by atoms with van der Waals surface area (Å²) in [5.41, 5.74) is -0.858. The monoisotopic (exact) mass is 277 g/mol. The molecule has 0 aliphatic carbocycles. The van der Waals surface area contributed by atoms with Crippen LogP contribution in [0.3, 0.4) is 0 Å². The molecule has 0 rings (SSSR count). The lowest BCUT2D eigenvalue weighted by Gasteiger charge is -2.16. The van der Waals surface area contributed by atoms with E-state index in [0.29, 0.717) is 0 Å². The van der Waals surface area contributed by atoms with Crippen LogP contribution in [0.2, 0.25) is 0 Å². The molecule has 0 saturated carbocycles. The number of ether oxygens (including phenoxy) is 1. The summed E-state index contributed by atoms with van der Waals surface area (Å²) in [5, 5.41) is 10.8. The topological polar surface area (TPSA) is 127 Å². The predicted molar refractivity (Wildman–Crippen MR) is 58.0 cm³/mol. The maximum absolute atomic E-state index is 11.4. The van der Waals surface area contributed by atoms with Gasteiger partial charge in [-0.25, -0.2) is 4.79 Å². The van der Waals surface area contributed by atoms with Crippen molar-refractivity contribution in [1.82, 2.24) is 5.32 Å². The lowest BCUT2D eigenvalue weighted by Crippen LogP contribution is -2.46. The van der Waals surface area contributed by atoms with E-state index in [-0.39, 0.29) is 0 Å². The van der Waals surface area contributed by atoms with E-state index in [1.165, 1.54) is 6.92 Å². The molecule has 2 atom stereocenters. The van der Waals surface area contributed by atoms with E-state index >= 15 is 0 Å². The molecule has 18 heavy (non-hydrogen) atoms. The number of carbonyl (C=O) groups is 4. The van der Waals surface area contributed by atoms with Gasteiger partial charge < -0.3 is 15.2 Å². The van der Waals surface area contributed by atoms with Gasteiger partial charge in [0.15, 0.2) is 6.10 Å². The normalized spacial score (nSPS) is 13.4. The number of carboxylic acid groups (broad SMARTS) is 1. The summed E-state index contributed by atoms with van der Waals surface area (Å²) >= 11 is 0. The van der Waals surface area contributed by atoms with Gasteiger partial charge in [0.1, 0.15) is 6.04 Å². The molecule has 0 bridgehead atoms. The molecular formula is C9H12NO7P. The summed E-state index contributed by atoms with van der Waals surface area (Å²) < 4.78 is 14.7. The quantitative estimate of drug-likeness (QED) is 0.483. The van der Waals surface area contributed by atoms with E-state index in [4.69, 9.17) is 5.11 Å². The van der Waals surface area contributed by atoms with Crippen LogP contribution < -0.4 is 5.32 Å². The molecule has 8 nitrogen and oxygen atoms in total. The fourth-order valence-electron chi connectivity index (χ4n) is 1.00. The molecule has 0 aliphatic heterocycles. The molecule has 0 aliphatic rings. The second kappa shape index (κ2) is 7.50. The van der Waals surface area contributed by atoms with Crippen LogP contribution in [0.15, 0.2) is 0 Å². The molecule has 0 fully saturated rings. The fourth-order valence-corrected chi connectivity index (χ4v) is 1.26. The Hall–Kier alpha value is -1.82. The molecule has 0 aromatic rings. The number of esters is 1. The Kier molecular flexibility index (Phi) is 6.74. The second-order valence-electron chi connectivity index (χ2n) is 3.34. The summed E-state index contributed by atoms with van der Waals surface area (Å²) in [5.74, 6) is -3.00. The van der Waals surface area contributed by atoms with Crippen LogP contribution >= 0.6 is 8.46 Å². The van der Waals surface area contributed by atoms with Gasteiger partial charge in [0, 0.05) is 13.3 Å². The van der Waals surface area contributed by atoms with E-state index in [2.05, 4.69) is 4.74 Å². The van der Waals surface area contributed by atoms with E-state index in [1.54, 1.807) is 0 Å². The zero-order chi connectivity index (χ0) is 14.3. The van der Waals surface area contributed by atoms with Crippen molar-refractivity contribution < 1.29 is 33.6 Å². The van der Waals surface area contributed by atoms with Gasteiger partial charge in [0.25, 0.3) is 5.91 Å². The first-order chi connectivity index (χ1) is 8.27. The zero-order valence-corrected chi connectivity index (χ0v) is 10.6. The number of aliphatic carboxylic acids is 1. The van der Waals surface area contributed by atoms with Gasteiger partial charge in [-0.05, 0) is 6.92 Å². The van der Waals surface area contributed by atoms with Gasteiger partial charge in [-0.1, -0.05) is 0 Å². The van der Waals surface area contributed by atoms with Gasteiger partial charge >= 0.3 is 11.9 Å². The first-order valence-corrected chi connectivity index (χ1v) is 5.65. The lowest BCUT2D eigenvalue weighted by molar-refractivity contribution is -0.154. The molecular weight excluding hydrogens is 265 g/mol. The highest BCUT2D eigenvalue weighted by molar-refractivity contribution is 7.46. The number of nitrogens with one attached hydrogen (secondary N) is 1. The molecule has 100 valence electrons. The number of carbonyl (C=O) groups excluding carboxylic acids is 3. The minimum Gasteiger partial charge on any atom is -0.480 e. The number of rotatable bonds is 7. The predicted octanol–water partition coefficient (Wildman–Crippen LogP) is -0.284. The van der Waals surface area contributed by atoms with Crippen molar-refractivity contribution >= 4 is 31.8 Å². The Morgan fingerprint density at radius 1 is 1.33 bits per heavy atom. The third-order valence-electron chi connectivity index (χ3n) is 1.81. The van der Waals surface area contributed by atoms with Gasteiger partial charge in [-0.3, -0.25) is 18.9 Å². The molecule has 0 heterocycles. The van der Waals surface area contributed by atoms with E-state index in [0.717, 1.165) is 6.92 Å². The summed E-state index contributed by atoms with van der Waals surface area (Å²) in [6, 6.07) is -1.51. The van der Waals surface area contributed by atoms with E-state index < -0.39 is 50.4 Å². The number of amides is 1. The highest BCUT2D eigenvalue weighted by Gasteiger charge is 2.26. The fraction of sp³-hybridized carbons (Fsp3) is 0.556. The summed E-state index contributed by atoms with van der Waals surface area (Å²) in [6.45, 7) is 2.35. The first-order valence-electron chi connectivity index (χ1n) is 4.84. The van der Waals surface area contributed by atoms with Gasteiger partial charge in [0.05, 0.1) is 0 Å². The second-order valence-corrected chi connectivity index (χ2v) is 4.02. The maximum Gasteiger partial charge on any atom is 0.326 e. The van der Waals surface area contributed by atoms with Crippen LogP contribution in [0.1, 0.15) is 20.3 Å². The van der Waals surface area contributed by atoms with E-state index in [1.807, 2.05) is 5.32 Å². The van der Waals surface area contributed by atoms with Crippen molar-refractivity contribution in [2.45, 2.75) is 32.4 Å². The average molecular weight is 277 g/mol. The van der Waals surface area contributed by atoms with Crippen LogP contribution in [0.5, 0.6) is 0 Å². The minimum atomic E-state index is -1.51. The van der Waals surface area contributed by atoms with Gasteiger partial charge in [-0.2, -0.15) is 0 Å². The number of hydrogen-bond acceptors (Lipinski definition) is 6. The van der Waals surface area contributed by atoms with Crippen molar-refractivity contribution in [3.63, 3.8) is 0 Å². The highest BCUT2D eigenvalue weighted by atomic mass is 31.1. The van der Waals surface area contributed by atoms with Crippen LogP contribution in [0, 0.1) is 0 Å². The zero-order valence-electron chi connectivity index (χ0n) is 9.71. The Morgan fingerprint density at radius 3 is 2.28 bits per heavy atom. The van der Waals surface area contributed by atoms with Crippen LogP contribution in [0.4, 0.5) is 0 Å². The Morgan fingerprint density at radius 2 is 1.89 bits per heavy atom. The Balaban J connectivity index is 4.54. The van der Waals surface area contributed by atoms with Crippen LogP contribution in [-0.4, -0.2) is 40.6 Å². The standard InChI is InChI=1S/C9H12NO7P/c1-4(17-5(2)11)8(13)10-6(9(14)15)3-7(12)18-16/h4,6H,3H2,1-2H3,(H,10,13)(H,14,15)/t4-,6-/m0/s1. The Bertz CT molecular complexity index is 381. The lowest BCUT2D eigenvalue weighted by atomic mass is 10.2. The summed E-state index contributed by atoms with van der Waals surface area (Å²) in [6.07, 6.45) is -1.79. The molecule has 0 spiro atoms. The molecule has 9 heteroatoms. The smallest absolute Gasteiger partial charge is 0.326 e. The van der Waals surface area contributed by atoms with Crippen LogP contribution in [-0.2, 0) is 28.5 Å². The van der Waals surface area contributed by atoms with E-state index in [9.17, 15) is 23.7 Å². The molecule has 2 N–H and O–H groups in total. The third-order valence-corrected chi connectivity index (χ3v) is 2.19. The maximum atomic E-state index is 11.4. The average Bonchev–Trinajstić information content (AvgIpc) is 2.26. The minimum absolute atomic E-state index is 0.612. The molecule has 0 aromatic heterocycles. The largest absolute Gasteiger partial charge is 0.480 e. The highest BCUT2D eigenvalue weighted by Crippen LogP contribution is 2.04. The Labute approximate surface area is 104 Å². The van der Waals surface area contributed by atoms with Gasteiger partial charge in [-0.15, -0.1) is 0 Å². The molecule has 0 unspecified atom stereocenters. The molecule has 0 radical (unpaired) electrons. The molecule has 0 saturated heterocycles. The van der Waals surface area contributed by atoms with Crippen LogP contribution in [0.25, 0.3) is 0 Å². The SMILES string of the molecule is CC(=O)O[C@@H](C)C(=O)N[C@@H](CC(=O)P=O)C(=O)O. The first kappa shape index (κ1) is 16.2. The van der Waals surface area contributed by atoms with Crippen molar-refractivity contribution in [2.24, 2.45) is 0 Å². The number of carboxylic acids is 1. The van der Waals surface area contributed by atoms with Crippen molar-refractivity contribution in [1.29, 1.82) is 0 Å². The summed E-state index contributed by atoms with van der Waals surface area (Å²) in [4.78, 5) is 43.6. The van der Waals surface area contributed by atoms with Crippen molar-refractivity contribution in [2.75, 3.05) is 0 Å². The van der Waals surface area contributed by atoms with Gasteiger partial charge in [0.2, 0.25) is 14.0 Å². The number of hydrogen-bond donors (Lipinski definition) is 2. The molecule has 0 aromatic carbocycles. The molecule has 1 amide bonds. The summed E-state index contributed by atoms with van der Waals surface area (Å²) in [7, 11) is -0.828. The third kappa shape index (κ3) is 6.05. The van der Waals surface area contributed by atoms with Crippen molar-refractivity contribution in [3.05, 3.63) is 0 Å².